The van der Waals surface area contributed by atoms with Crippen LogP contribution >= 0.6 is 15.9 Å². The molecule has 0 unspecified atom stereocenters. The second-order valence-electron chi connectivity index (χ2n) is 11.1. The Morgan fingerprint density at radius 2 is 1.88 bits per heavy atom. The molecule has 1 aliphatic heterocycles. The fraction of sp³-hybridized carbons (Fsp3) is 0.345. The normalized spacial score (nSPS) is 20.8. The number of nitrogens with one attached hydrogen (secondary N) is 1. The van der Waals surface area contributed by atoms with E-state index < -0.39 is 11.9 Å². The van der Waals surface area contributed by atoms with Gasteiger partial charge in [0.05, 0.1) is 22.5 Å². The summed E-state index contributed by atoms with van der Waals surface area (Å²) in [6.45, 7) is 6.90. The van der Waals surface area contributed by atoms with Crippen LogP contribution in [-0.2, 0) is 16.1 Å². The Hall–Kier alpha value is -4.39. The van der Waals surface area contributed by atoms with Crippen LogP contribution in [0.1, 0.15) is 59.1 Å². The Morgan fingerprint density at radius 1 is 1.14 bits per heavy atom. The van der Waals surface area contributed by atoms with E-state index in [1.54, 1.807) is 49.3 Å². The molecule has 2 aliphatic rings. The number of hydrogen-bond acceptors (Lipinski definition) is 9. The first kappa shape index (κ1) is 27.8. The molecule has 42 heavy (non-hydrogen) atoms. The van der Waals surface area contributed by atoms with Gasteiger partial charge in [0, 0.05) is 36.3 Å². The van der Waals surface area contributed by atoms with Gasteiger partial charge in [0.1, 0.15) is 34.5 Å². The number of fused-ring (bicyclic) bond motifs is 2. The van der Waals surface area contributed by atoms with Crippen LogP contribution in [0.2, 0.25) is 0 Å². The van der Waals surface area contributed by atoms with E-state index in [1.165, 1.54) is 11.6 Å². The van der Waals surface area contributed by atoms with E-state index in [0.717, 1.165) is 6.42 Å². The number of carbonyl (C=O) groups is 4. The number of pyridine rings is 2. The number of nitrogens with zero attached hydrogens (tertiary/aromatic N) is 7. The number of halogens is 1. The van der Waals surface area contributed by atoms with Crippen molar-refractivity contribution in [2.24, 2.45) is 5.41 Å². The van der Waals surface area contributed by atoms with Crippen molar-refractivity contribution in [2.75, 3.05) is 5.32 Å². The lowest BCUT2D eigenvalue weighted by molar-refractivity contribution is -0.138. The molecule has 0 aromatic carbocycles. The zero-order chi connectivity index (χ0) is 29.9. The molecule has 1 N–H and O–H groups in total. The summed E-state index contributed by atoms with van der Waals surface area (Å²) < 4.78 is 1.96. The minimum atomic E-state index is -0.747. The van der Waals surface area contributed by atoms with Crippen molar-refractivity contribution in [3.05, 3.63) is 58.0 Å². The molecule has 214 valence electrons. The van der Waals surface area contributed by atoms with Crippen LogP contribution in [0.4, 0.5) is 5.82 Å². The number of anilines is 1. The molecule has 2 fully saturated rings. The van der Waals surface area contributed by atoms with Crippen molar-refractivity contribution in [1.29, 1.82) is 0 Å². The number of hydrogen-bond donors (Lipinski definition) is 1. The highest BCUT2D eigenvalue weighted by Crippen LogP contribution is 2.59. The number of amides is 2. The van der Waals surface area contributed by atoms with Gasteiger partial charge in [-0.3, -0.25) is 28.8 Å². The first-order chi connectivity index (χ1) is 20.0. The quantitative estimate of drug-likeness (QED) is 0.183. The molecule has 1 saturated carbocycles. The fourth-order valence-electron chi connectivity index (χ4n) is 5.86. The van der Waals surface area contributed by atoms with Gasteiger partial charge in [-0.15, -0.1) is 0 Å². The van der Waals surface area contributed by atoms with Crippen molar-refractivity contribution in [1.82, 2.24) is 34.6 Å². The maximum Gasteiger partial charge on any atom is 0.248 e. The molecule has 0 bridgehead atoms. The Bertz CT molecular complexity index is 1800. The van der Waals surface area contributed by atoms with Crippen molar-refractivity contribution >= 4 is 56.5 Å². The van der Waals surface area contributed by atoms with Gasteiger partial charge in [0.2, 0.25) is 11.8 Å². The monoisotopic (exact) mass is 630 g/mol. The van der Waals surface area contributed by atoms with Crippen LogP contribution < -0.4 is 5.32 Å². The first-order valence-electron chi connectivity index (χ1n) is 13.4. The summed E-state index contributed by atoms with van der Waals surface area (Å²) in [4.78, 5) is 70.5. The summed E-state index contributed by atoms with van der Waals surface area (Å²) in [6.07, 6.45) is 5.24. The maximum absolute atomic E-state index is 13.9. The van der Waals surface area contributed by atoms with E-state index in [-0.39, 0.29) is 46.8 Å². The predicted molar refractivity (Wildman–Crippen MR) is 156 cm³/mol. The van der Waals surface area contributed by atoms with Gasteiger partial charge in [-0.1, -0.05) is 6.92 Å². The summed E-state index contributed by atoms with van der Waals surface area (Å²) in [5.41, 5.74) is 2.73. The highest BCUT2D eigenvalue weighted by molar-refractivity contribution is 9.10. The molecule has 13 heteroatoms. The molecule has 6 rings (SSSR count). The highest BCUT2D eigenvalue weighted by atomic mass is 79.9. The average Bonchev–Trinajstić information content (AvgIpc) is 3.29. The number of aromatic nitrogens is 6. The van der Waals surface area contributed by atoms with Gasteiger partial charge in [-0.25, -0.2) is 15.0 Å². The van der Waals surface area contributed by atoms with Crippen LogP contribution in [0.25, 0.3) is 22.2 Å². The lowest BCUT2D eigenvalue weighted by Gasteiger charge is -2.27. The number of piperidine rings is 1. The molecule has 4 aromatic rings. The third kappa shape index (κ3) is 4.77. The third-order valence-electron chi connectivity index (χ3n) is 8.08. The fourth-order valence-corrected chi connectivity index (χ4v) is 6.16. The van der Waals surface area contributed by atoms with Crippen LogP contribution in [-0.4, -0.2) is 70.6 Å². The van der Waals surface area contributed by atoms with Crippen molar-refractivity contribution in [2.45, 2.75) is 59.2 Å². The van der Waals surface area contributed by atoms with Crippen molar-refractivity contribution in [3.63, 3.8) is 0 Å². The molecular weight excluding hydrogens is 604 g/mol. The number of aryl methyl sites for hydroxylation is 2. The van der Waals surface area contributed by atoms with Crippen molar-refractivity contribution in [3.8, 4) is 11.3 Å². The minimum Gasteiger partial charge on any atom is -0.325 e. The third-order valence-corrected chi connectivity index (χ3v) is 8.52. The number of aldehydes is 1. The molecule has 0 spiro atoms. The van der Waals surface area contributed by atoms with Gasteiger partial charge in [0.25, 0.3) is 0 Å². The molecule has 0 radical (unpaired) electrons. The molecule has 1 saturated heterocycles. The summed E-state index contributed by atoms with van der Waals surface area (Å²) in [5, 5.41) is 7.85. The summed E-state index contributed by atoms with van der Waals surface area (Å²) in [6, 6.07) is 4.09. The average molecular weight is 631 g/mol. The topological polar surface area (TPSA) is 153 Å². The molecule has 5 heterocycles. The van der Waals surface area contributed by atoms with Gasteiger partial charge in [-0.2, -0.15) is 5.10 Å². The minimum absolute atomic E-state index is 0.0942. The number of ketones is 1. The van der Waals surface area contributed by atoms with Crippen molar-refractivity contribution < 1.29 is 19.2 Å². The summed E-state index contributed by atoms with van der Waals surface area (Å²) in [7, 11) is 0. The van der Waals surface area contributed by atoms with Gasteiger partial charge in [-0.05, 0) is 66.2 Å². The predicted octanol–water partition coefficient (Wildman–Crippen LogP) is 3.70. The Morgan fingerprint density at radius 3 is 2.57 bits per heavy atom. The Labute approximate surface area is 249 Å². The van der Waals surface area contributed by atoms with Gasteiger partial charge in [0.15, 0.2) is 12.1 Å². The molecule has 12 nitrogen and oxygen atoms in total. The second kappa shape index (κ2) is 10.2. The Kier molecular flexibility index (Phi) is 6.71. The van der Waals surface area contributed by atoms with Gasteiger partial charge >= 0.3 is 0 Å². The zero-order valence-corrected chi connectivity index (χ0v) is 25.0. The first-order valence-corrected chi connectivity index (χ1v) is 14.2. The smallest absolute Gasteiger partial charge is 0.248 e. The largest absolute Gasteiger partial charge is 0.325 e. The van der Waals surface area contributed by atoms with Gasteiger partial charge < -0.3 is 10.2 Å². The second-order valence-corrected chi connectivity index (χ2v) is 12.0. The molecule has 1 aliphatic carbocycles. The van der Waals surface area contributed by atoms with E-state index in [4.69, 9.17) is 4.98 Å². The van der Waals surface area contributed by atoms with E-state index in [1.807, 2.05) is 0 Å². The highest BCUT2D eigenvalue weighted by Gasteiger charge is 2.64. The van der Waals surface area contributed by atoms with E-state index >= 15 is 0 Å². The summed E-state index contributed by atoms with van der Waals surface area (Å²) in [5.74, 6) is -0.200. The van der Waals surface area contributed by atoms with Crippen LogP contribution in [0.3, 0.4) is 0 Å². The number of Topliss-reactive ketones (excluding diaryl/α,β-unsaturated/α-hetero) is 1. The van der Waals surface area contributed by atoms with E-state index in [9.17, 15) is 19.2 Å². The van der Waals surface area contributed by atoms with E-state index in [0.29, 0.717) is 51.0 Å². The van der Waals surface area contributed by atoms with Crippen LogP contribution in [0.5, 0.6) is 0 Å². The molecule has 2 amide bonds. The van der Waals surface area contributed by atoms with Crippen LogP contribution in [0.15, 0.2) is 35.2 Å². The van der Waals surface area contributed by atoms with E-state index in [2.05, 4.69) is 48.2 Å². The number of carbonyl (C=O) groups excluding carboxylic acids is 4. The SMILES string of the molecule is CC(=O)c1nn(CC(=O)N2[C@H](C(=O)Nc3nc(Br)ccc3C=O)C[C@@]3(C)C[C@@H]23)c2c(C)nc(-c3cnc(C)nc3)cc12. The lowest BCUT2D eigenvalue weighted by Crippen LogP contribution is -2.47. The van der Waals surface area contributed by atoms with Crippen LogP contribution in [0, 0.1) is 19.3 Å². The maximum atomic E-state index is 13.9. The molecular formula is C29H27BrN8O4. The number of likely N-dealkylation sites (tertiary alicyclic amines) is 1. The molecule has 4 aromatic heterocycles. The number of rotatable bonds is 7. The zero-order valence-electron chi connectivity index (χ0n) is 23.4. The summed E-state index contributed by atoms with van der Waals surface area (Å²) >= 11 is 3.27. The lowest BCUT2D eigenvalue weighted by atomic mass is 10.0. The Balaban J connectivity index is 1.32. The standard InChI is InChI=1S/C29H27BrN8O4/c1-14-26-19(7-20(33-14)18-10-31-16(3)32-11-18)25(15(2)40)36-37(26)12-24(41)38-21(8-29(4)9-22(29)38)28(42)35-27-17(13-39)5-6-23(30)34-27/h5-7,10-11,13,21-22H,8-9,12H2,1-4H3,(H,34,35,42)/t21-,22+,29-/m0/s1. The molecule has 3 atom stereocenters.